The van der Waals surface area contributed by atoms with Crippen LogP contribution >= 0.6 is 0 Å². The van der Waals surface area contributed by atoms with E-state index in [0.717, 1.165) is 18.7 Å². The van der Waals surface area contributed by atoms with Crippen LogP contribution in [0.4, 0.5) is 0 Å². The van der Waals surface area contributed by atoms with Crippen LogP contribution < -0.4 is 15.8 Å². The van der Waals surface area contributed by atoms with E-state index in [0.29, 0.717) is 12.6 Å². The van der Waals surface area contributed by atoms with Gasteiger partial charge in [-0.2, -0.15) is 0 Å². The molecule has 0 bridgehead atoms. The molecule has 0 radical (unpaired) electrons. The fourth-order valence-electron chi connectivity index (χ4n) is 1.78. The van der Waals surface area contributed by atoms with Crippen molar-refractivity contribution in [1.82, 2.24) is 5.32 Å². The Labute approximate surface area is 90.6 Å². The first kappa shape index (κ1) is 10.5. The summed E-state index contributed by atoms with van der Waals surface area (Å²) in [5, 5.41) is 3.36. The van der Waals surface area contributed by atoms with Crippen LogP contribution in [0.3, 0.4) is 0 Å². The predicted octanol–water partition coefficient (Wildman–Crippen LogP) is 0.927. The topological polar surface area (TPSA) is 47.3 Å². The van der Waals surface area contributed by atoms with Crippen molar-refractivity contribution in [2.24, 2.45) is 5.73 Å². The van der Waals surface area contributed by atoms with Crippen molar-refractivity contribution in [2.75, 3.05) is 13.1 Å². The molecular formula is C12H18N2O. The zero-order valence-electron chi connectivity index (χ0n) is 9.07. The number of nitrogens with two attached hydrogens (primary N) is 1. The molecule has 0 spiro atoms. The van der Waals surface area contributed by atoms with Crippen molar-refractivity contribution in [3.8, 4) is 5.75 Å². The summed E-state index contributed by atoms with van der Waals surface area (Å²) in [7, 11) is 0. The maximum absolute atomic E-state index is 5.80. The summed E-state index contributed by atoms with van der Waals surface area (Å²) in [6, 6.07) is 8.58. The number of para-hydroxylation sites is 1. The molecule has 3 heteroatoms. The largest absolute Gasteiger partial charge is 0.488 e. The maximum atomic E-state index is 5.80. The quantitative estimate of drug-likeness (QED) is 0.770. The summed E-state index contributed by atoms with van der Waals surface area (Å²) in [6.45, 7) is 3.62. The van der Waals surface area contributed by atoms with Crippen LogP contribution in [0.2, 0.25) is 0 Å². The lowest BCUT2D eigenvalue weighted by molar-refractivity contribution is 0.223. The van der Waals surface area contributed by atoms with E-state index in [2.05, 4.69) is 24.4 Å². The highest BCUT2D eigenvalue weighted by Crippen LogP contribution is 2.27. The molecule has 0 saturated heterocycles. The zero-order chi connectivity index (χ0) is 10.7. The van der Waals surface area contributed by atoms with Crippen LogP contribution in [-0.2, 0) is 6.42 Å². The second-order valence-corrected chi connectivity index (χ2v) is 4.10. The Kier molecular flexibility index (Phi) is 3.23. The van der Waals surface area contributed by atoms with E-state index < -0.39 is 0 Å². The van der Waals surface area contributed by atoms with Gasteiger partial charge in [-0.1, -0.05) is 18.2 Å². The first-order valence-corrected chi connectivity index (χ1v) is 5.47. The Morgan fingerprint density at radius 3 is 3.07 bits per heavy atom. The van der Waals surface area contributed by atoms with Gasteiger partial charge in [0.05, 0.1) is 0 Å². The minimum atomic E-state index is 0.261. The van der Waals surface area contributed by atoms with Gasteiger partial charge in [-0.15, -0.1) is 0 Å². The molecule has 0 aromatic heterocycles. The second kappa shape index (κ2) is 4.64. The molecule has 1 aromatic rings. The fourth-order valence-corrected chi connectivity index (χ4v) is 1.78. The van der Waals surface area contributed by atoms with Gasteiger partial charge in [-0.3, -0.25) is 0 Å². The van der Waals surface area contributed by atoms with Crippen molar-refractivity contribution in [3.05, 3.63) is 29.8 Å². The standard InChI is InChI=1S/C12H18N2O/c1-9(7-13)14-8-11-6-10-4-2-3-5-12(10)15-11/h2-5,9,11,14H,6-8,13H2,1H3. The molecule has 3 nitrogen and oxygen atoms in total. The molecule has 1 heterocycles. The maximum Gasteiger partial charge on any atom is 0.123 e. The van der Waals surface area contributed by atoms with E-state index in [-0.39, 0.29) is 6.10 Å². The SMILES string of the molecule is CC(CN)NCC1Cc2ccccc2O1. The normalized spacial score (nSPS) is 20.8. The van der Waals surface area contributed by atoms with Gasteiger partial charge in [0, 0.05) is 25.6 Å². The fraction of sp³-hybridized carbons (Fsp3) is 0.500. The number of hydrogen-bond donors (Lipinski definition) is 2. The molecular weight excluding hydrogens is 188 g/mol. The van der Waals surface area contributed by atoms with Gasteiger partial charge < -0.3 is 15.8 Å². The number of hydrogen-bond acceptors (Lipinski definition) is 3. The molecule has 0 amide bonds. The molecule has 15 heavy (non-hydrogen) atoms. The van der Waals surface area contributed by atoms with Crippen LogP contribution in [0.15, 0.2) is 24.3 Å². The Balaban J connectivity index is 1.85. The third-order valence-corrected chi connectivity index (χ3v) is 2.76. The molecule has 2 unspecified atom stereocenters. The van der Waals surface area contributed by atoms with Crippen molar-refractivity contribution >= 4 is 0 Å². The van der Waals surface area contributed by atoms with Crippen molar-refractivity contribution in [2.45, 2.75) is 25.5 Å². The lowest BCUT2D eigenvalue weighted by Gasteiger charge is -2.15. The minimum Gasteiger partial charge on any atom is -0.488 e. The van der Waals surface area contributed by atoms with E-state index in [1.807, 2.05) is 12.1 Å². The summed E-state index contributed by atoms with van der Waals surface area (Å²) in [5.41, 5.74) is 6.85. The molecule has 2 atom stereocenters. The van der Waals surface area contributed by atoms with Gasteiger partial charge in [0.25, 0.3) is 0 Å². The monoisotopic (exact) mass is 206 g/mol. The molecule has 1 aliphatic heterocycles. The smallest absolute Gasteiger partial charge is 0.123 e. The summed E-state index contributed by atoms with van der Waals surface area (Å²) < 4.78 is 5.80. The Hall–Kier alpha value is -1.06. The average molecular weight is 206 g/mol. The molecule has 0 fully saturated rings. The summed E-state index contributed by atoms with van der Waals surface area (Å²) >= 11 is 0. The molecule has 2 rings (SSSR count). The average Bonchev–Trinajstić information content (AvgIpc) is 2.68. The van der Waals surface area contributed by atoms with Crippen molar-refractivity contribution in [3.63, 3.8) is 0 Å². The molecule has 0 aliphatic carbocycles. The van der Waals surface area contributed by atoms with E-state index in [1.165, 1.54) is 5.56 Å². The Bertz CT molecular complexity index is 302. The first-order chi connectivity index (χ1) is 7.29. The van der Waals surface area contributed by atoms with E-state index in [4.69, 9.17) is 10.5 Å². The van der Waals surface area contributed by atoms with Gasteiger partial charge in [-0.25, -0.2) is 0 Å². The van der Waals surface area contributed by atoms with Gasteiger partial charge in [0.2, 0.25) is 0 Å². The highest BCUT2D eigenvalue weighted by molar-refractivity contribution is 5.37. The number of rotatable bonds is 4. The number of fused-ring (bicyclic) bond motifs is 1. The first-order valence-electron chi connectivity index (χ1n) is 5.47. The van der Waals surface area contributed by atoms with Crippen LogP contribution in [-0.4, -0.2) is 25.2 Å². The van der Waals surface area contributed by atoms with Crippen LogP contribution in [0.25, 0.3) is 0 Å². The molecule has 0 saturated carbocycles. The van der Waals surface area contributed by atoms with Gasteiger partial charge in [0.1, 0.15) is 11.9 Å². The summed E-state index contributed by atoms with van der Waals surface area (Å²) in [5.74, 6) is 1.03. The minimum absolute atomic E-state index is 0.261. The highest BCUT2D eigenvalue weighted by atomic mass is 16.5. The predicted molar refractivity (Wildman–Crippen MR) is 61.1 cm³/mol. The summed E-state index contributed by atoms with van der Waals surface area (Å²) in [4.78, 5) is 0. The van der Waals surface area contributed by atoms with Crippen LogP contribution in [0, 0.1) is 0 Å². The van der Waals surface area contributed by atoms with Gasteiger partial charge in [-0.05, 0) is 18.6 Å². The Morgan fingerprint density at radius 2 is 2.33 bits per heavy atom. The number of benzene rings is 1. The van der Waals surface area contributed by atoms with Crippen LogP contribution in [0.5, 0.6) is 5.75 Å². The summed E-state index contributed by atoms with van der Waals surface area (Å²) in [6.07, 6.45) is 1.26. The lowest BCUT2D eigenvalue weighted by atomic mass is 10.1. The van der Waals surface area contributed by atoms with Crippen LogP contribution in [0.1, 0.15) is 12.5 Å². The Morgan fingerprint density at radius 1 is 1.53 bits per heavy atom. The molecule has 1 aromatic carbocycles. The molecule has 3 N–H and O–H groups in total. The lowest BCUT2D eigenvalue weighted by Crippen LogP contribution is -2.39. The van der Waals surface area contributed by atoms with E-state index >= 15 is 0 Å². The molecule has 82 valence electrons. The van der Waals surface area contributed by atoms with Crippen molar-refractivity contribution < 1.29 is 4.74 Å². The zero-order valence-corrected chi connectivity index (χ0v) is 9.07. The van der Waals surface area contributed by atoms with E-state index in [9.17, 15) is 0 Å². The highest BCUT2D eigenvalue weighted by Gasteiger charge is 2.21. The van der Waals surface area contributed by atoms with Gasteiger partial charge in [0.15, 0.2) is 0 Å². The van der Waals surface area contributed by atoms with E-state index in [1.54, 1.807) is 0 Å². The van der Waals surface area contributed by atoms with Crippen molar-refractivity contribution in [1.29, 1.82) is 0 Å². The number of nitrogens with one attached hydrogen (secondary N) is 1. The second-order valence-electron chi connectivity index (χ2n) is 4.10. The third kappa shape index (κ3) is 2.49. The van der Waals surface area contributed by atoms with Gasteiger partial charge >= 0.3 is 0 Å². The number of ether oxygens (including phenoxy) is 1. The third-order valence-electron chi connectivity index (χ3n) is 2.76. The molecule has 1 aliphatic rings.